The summed E-state index contributed by atoms with van der Waals surface area (Å²) >= 11 is 18.4. The molecule has 10 nitrogen and oxygen atoms in total. The normalized spacial score (nSPS) is 22.1. The summed E-state index contributed by atoms with van der Waals surface area (Å²) in [6, 6.07) is 6.49. The summed E-state index contributed by atoms with van der Waals surface area (Å²) in [6.07, 6.45) is 4.09. The molecule has 13 heteroatoms. The molecule has 2 atom stereocenters. The standard InChI is InChI=1S/C30H40Cl3N3O7/c1-27(2,3)42-25(38)34-18-21-8-7-15-29(19-34,36(21)26(39)43-28(4,5)30(31,32)33)24(37)35(20-9-10-20)16-17-41-23-13-11-22(40-6)12-14-23/h7-8,11-14,20-21H,9-10,15-19H2,1-6H3. The number of alkyl halides is 3. The van der Waals surface area contributed by atoms with Gasteiger partial charge in [0, 0.05) is 12.6 Å². The Hall–Kier alpha value is -2.56. The number of ether oxygens (including phenoxy) is 4. The van der Waals surface area contributed by atoms with E-state index in [1.54, 1.807) is 63.1 Å². The lowest BCUT2D eigenvalue weighted by molar-refractivity contribution is -0.152. The molecule has 238 valence electrons. The van der Waals surface area contributed by atoms with Crippen molar-refractivity contribution in [3.63, 3.8) is 0 Å². The van der Waals surface area contributed by atoms with Gasteiger partial charge in [-0.3, -0.25) is 9.69 Å². The molecule has 3 aliphatic rings. The van der Waals surface area contributed by atoms with E-state index in [1.807, 2.05) is 6.08 Å². The zero-order valence-corrected chi connectivity index (χ0v) is 27.7. The van der Waals surface area contributed by atoms with Crippen LogP contribution in [0.1, 0.15) is 53.9 Å². The maximum absolute atomic E-state index is 14.7. The zero-order chi connectivity index (χ0) is 31.8. The van der Waals surface area contributed by atoms with E-state index in [2.05, 4.69) is 0 Å². The molecule has 43 heavy (non-hydrogen) atoms. The third-order valence-electron chi connectivity index (χ3n) is 7.65. The predicted octanol–water partition coefficient (Wildman–Crippen LogP) is 5.97. The highest BCUT2D eigenvalue weighted by Crippen LogP contribution is 2.43. The number of nitrogens with zero attached hydrogens (tertiary/aromatic N) is 3. The average molecular weight is 661 g/mol. The Labute approximate surface area is 268 Å². The lowest BCUT2D eigenvalue weighted by atomic mass is 9.82. The summed E-state index contributed by atoms with van der Waals surface area (Å²) in [5.74, 6) is 1.04. The Bertz CT molecular complexity index is 1220. The maximum Gasteiger partial charge on any atom is 0.411 e. The number of hydrogen-bond acceptors (Lipinski definition) is 7. The van der Waals surface area contributed by atoms with Gasteiger partial charge in [0.2, 0.25) is 3.79 Å². The summed E-state index contributed by atoms with van der Waals surface area (Å²) in [4.78, 5) is 46.5. The van der Waals surface area contributed by atoms with Gasteiger partial charge < -0.3 is 28.7 Å². The van der Waals surface area contributed by atoms with Gasteiger partial charge in [-0.25, -0.2) is 9.59 Å². The molecule has 2 aliphatic heterocycles. The van der Waals surface area contributed by atoms with E-state index in [1.165, 1.54) is 23.6 Å². The van der Waals surface area contributed by atoms with E-state index in [4.69, 9.17) is 53.8 Å². The number of benzene rings is 1. The molecule has 1 aliphatic carbocycles. The molecule has 2 fully saturated rings. The summed E-state index contributed by atoms with van der Waals surface area (Å²) in [5.41, 5.74) is -3.73. The van der Waals surface area contributed by atoms with E-state index < -0.39 is 38.8 Å². The van der Waals surface area contributed by atoms with Crippen LogP contribution < -0.4 is 9.47 Å². The second-order valence-electron chi connectivity index (χ2n) is 12.6. The van der Waals surface area contributed by atoms with Crippen molar-refractivity contribution >= 4 is 52.9 Å². The number of methoxy groups -OCH3 is 1. The highest BCUT2D eigenvalue weighted by atomic mass is 35.6. The van der Waals surface area contributed by atoms with Gasteiger partial charge >= 0.3 is 12.2 Å². The molecule has 2 bridgehead atoms. The molecule has 1 saturated heterocycles. The molecule has 1 aromatic carbocycles. The zero-order valence-electron chi connectivity index (χ0n) is 25.4. The van der Waals surface area contributed by atoms with Crippen molar-refractivity contribution in [3.8, 4) is 11.5 Å². The van der Waals surface area contributed by atoms with Crippen LogP contribution in [0.5, 0.6) is 11.5 Å². The number of hydrogen-bond donors (Lipinski definition) is 0. The van der Waals surface area contributed by atoms with E-state index in [0.29, 0.717) is 11.5 Å². The van der Waals surface area contributed by atoms with Crippen LogP contribution in [-0.2, 0) is 14.3 Å². The molecule has 0 spiro atoms. The Kier molecular flexibility index (Phi) is 9.65. The Balaban J connectivity index is 1.64. The van der Waals surface area contributed by atoms with Crippen LogP contribution in [0.2, 0.25) is 0 Å². The largest absolute Gasteiger partial charge is 0.497 e. The van der Waals surface area contributed by atoms with Gasteiger partial charge in [-0.2, -0.15) is 0 Å². The van der Waals surface area contributed by atoms with Gasteiger partial charge in [0.05, 0.1) is 26.2 Å². The third kappa shape index (κ3) is 7.57. The molecule has 0 aromatic heterocycles. The number of carbonyl (C=O) groups excluding carboxylic acids is 3. The lowest BCUT2D eigenvalue weighted by Crippen LogP contribution is -2.75. The van der Waals surface area contributed by atoms with Crippen molar-refractivity contribution in [1.29, 1.82) is 0 Å². The molecule has 1 saturated carbocycles. The van der Waals surface area contributed by atoms with Crippen molar-refractivity contribution in [2.45, 2.75) is 86.5 Å². The van der Waals surface area contributed by atoms with Gasteiger partial charge in [-0.15, -0.1) is 0 Å². The first-order chi connectivity index (χ1) is 20.0. The van der Waals surface area contributed by atoms with Crippen LogP contribution in [0.3, 0.4) is 0 Å². The fraction of sp³-hybridized carbons (Fsp3) is 0.633. The molecule has 3 amide bonds. The number of piperazine rings is 1. The number of carbonyl (C=O) groups is 3. The number of halogens is 3. The number of fused-ring (bicyclic) bond motifs is 2. The van der Waals surface area contributed by atoms with Crippen molar-refractivity contribution < 1.29 is 33.3 Å². The highest BCUT2D eigenvalue weighted by Gasteiger charge is 2.59. The van der Waals surface area contributed by atoms with Crippen molar-refractivity contribution in [3.05, 3.63) is 36.4 Å². The Morgan fingerprint density at radius 3 is 2.16 bits per heavy atom. The van der Waals surface area contributed by atoms with Gasteiger partial charge in [-0.05, 0) is 78.1 Å². The molecule has 0 N–H and O–H groups in total. The minimum absolute atomic E-state index is 0.0157. The second kappa shape index (κ2) is 12.4. The van der Waals surface area contributed by atoms with Crippen LogP contribution in [0, 0.1) is 0 Å². The van der Waals surface area contributed by atoms with Crippen LogP contribution in [-0.4, -0.2) is 98.8 Å². The topological polar surface area (TPSA) is 97.9 Å². The first-order valence-electron chi connectivity index (χ1n) is 14.3. The minimum Gasteiger partial charge on any atom is -0.497 e. The molecular formula is C30H40Cl3N3O7. The molecule has 4 rings (SSSR count). The van der Waals surface area contributed by atoms with E-state index in [-0.39, 0.29) is 44.6 Å². The smallest absolute Gasteiger partial charge is 0.411 e. The van der Waals surface area contributed by atoms with Crippen molar-refractivity contribution in [2.75, 3.05) is 33.4 Å². The highest BCUT2D eigenvalue weighted by molar-refractivity contribution is 6.68. The number of rotatable bonds is 8. The van der Waals surface area contributed by atoms with Crippen LogP contribution >= 0.6 is 34.8 Å². The summed E-state index contributed by atoms with van der Waals surface area (Å²) < 4.78 is 20.6. The van der Waals surface area contributed by atoms with E-state index in [9.17, 15) is 14.4 Å². The second-order valence-corrected chi connectivity index (χ2v) is 14.9. The van der Waals surface area contributed by atoms with E-state index in [0.717, 1.165) is 12.8 Å². The fourth-order valence-corrected chi connectivity index (χ4v) is 5.32. The third-order valence-corrected chi connectivity index (χ3v) is 9.01. The summed E-state index contributed by atoms with van der Waals surface area (Å²) in [6.45, 7) is 8.82. The summed E-state index contributed by atoms with van der Waals surface area (Å²) in [7, 11) is 1.59. The average Bonchev–Trinajstić information content (AvgIpc) is 3.74. The van der Waals surface area contributed by atoms with E-state index >= 15 is 0 Å². The summed E-state index contributed by atoms with van der Waals surface area (Å²) in [5, 5.41) is 0. The number of amides is 3. The van der Waals surface area contributed by atoms with Gasteiger partial charge in [0.1, 0.15) is 29.2 Å². The first-order valence-corrected chi connectivity index (χ1v) is 15.4. The Morgan fingerprint density at radius 2 is 1.60 bits per heavy atom. The quantitative estimate of drug-likeness (QED) is 0.250. The SMILES string of the molecule is COc1ccc(OCCN(C(=O)C23CC=CC(CN(C(=O)OC(C)(C)C)C2)N3C(=O)OC(C)(C)C(Cl)(Cl)Cl)C2CC2)cc1. The fourth-order valence-electron chi connectivity index (χ4n) is 5.21. The van der Waals surface area contributed by atoms with Crippen molar-refractivity contribution in [1.82, 2.24) is 14.7 Å². The molecular weight excluding hydrogens is 621 g/mol. The molecule has 2 heterocycles. The minimum atomic E-state index is -1.93. The van der Waals surface area contributed by atoms with Gasteiger partial charge in [0.15, 0.2) is 5.60 Å². The molecule has 0 radical (unpaired) electrons. The van der Waals surface area contributed by atoms with Crippen LogP contribution in [0.25, 0.3) is 0 Å². The monoisotopic (exact) mass is 659 g/mol. The molecule has 1 aromatic rings. The molecule has 2 unspecified atom stereocenters. The maximum atomic E-state index is 14.7. The van der Waals surface area contributed by atoms with Gasteiger partial charge in [0.25, 0.3) is 5.91 Å². The Morgan fingerprint density at radius 1 is 0.977 bits per heavy atom. The lowest BCUT2D eigenvalue weighted by Gasteiger charge is -2.55. The van der Waals surface area contributed by atoms with Crippen molar-refractivity contribution in [2.24, 2.45) is 0 Å². The van der Waals surface area contributed by atoms with Gasteiger partial charge in [-0.1, -0.05) is 47.0 Å². The predicted molar refractivity (Wildman–Crippen MR) is 164 cm³/mol. The van der Waals surface area contributed by atoms with Crippen LogP contribution in [0.4, 0.5) is 9.59 Å². The first kappa shape index (κ1) is 33.3. The van der Waals surface area contributed by atoms with Crippen LogP contribution in [0.15, 0.2) is 36.4 Å².